The van der Waals surface area contributed by atoms with E-state index >= 15 is 0 Å². The fraction of sp³-hybridized carbons (Fsp3) is 0.579. The summed E-state index contributed by atoms with van der Waals surface area (Å²) in [6, 6.07) is 8.09. The third-order valence-corrected chi connectivity index (χ3v) is 5.07. The second-order valence-electron chi connectivity index (χ2n) is 7.07. The van der Waals surface area contributed by atoms with E-state index in [1.165, 1.54) is 5.56 Å². The molecule has 0 unspecified atom stereocenters. The van der Waals surface area contributed by atoms with Crippen LogP contribution in [0.5, 0.6) is 0 Å². The third kappa shape index (κ3) is 4.08. The van der Waals surface area contributed by atoms with Crippen LogP contribution < -0.4 is 10.6 Å². The predicted molar refractivity (Wildman–Crippen MR) is 93.6 cm³/mol. The monoisotopic (exact) mass is 329 g/mol. The molecule has 2 N–H and O–H groups in total. The van der Waals surface area contributed by atoms with Crippen molar-refractivity contribution < 1.29 is 9.59 Å². The zero-order chi connectivity index (χ0) is 17.1. The van der Waals surface area contributed by atoms with Crippen molar-refractivity contribution in [3.05, 3.63) is 35.4 Å². The SMILES string of the molecule is Cc1ccccc1[C@@H](C)NC(=O)NC1CCN(C(=O)C2CC2)CC1. The first-order valence-electron chi connectivity index (χ1n) is 8.96. The van der Waals surface area contributed by atoms with Crippen LogP contribution in [0.4, 0.5) is 4.79 Å². The standard InChI is InChI=1S/C19H27N3O2/c1-13-5-3-4-6-17(13)14(2)20-19(24)21-16-9-11-22(12-10-16)18(23)15-7-8-15/h3-6,14-16H,7-12H2,1-2H3,(H2,20,21,24)/t14-/m1/s1. The molecule has 5 nitrogen and oxygen atoms in total. The molecule has 1 aromatic carbocycles. The van der Waals surface area contributed by atoms with Crippen LogP contribution in [0.3, 0.4) is 0 Å². The molecule has 1 aliphatic carbocycles. The molecule has 1 saturated carbocycles. The van der Waals surface area contributed by atoms with Crippen LogP contribution >= 0.6 is 0 Å². The highest BCUT2D eigenvalue weighted by Gasteiger charge is 2.35. The minimum Gasteiger partial charge on any atom is -0.342 e. The van der Waals surface area contributed by atoms with Gasteiger partial charge in [-0.3, -0.25) is 4.79 Å². The maximum absolute atomic E-state index is 12.2. The van der Waals surface area contributed by atoms with Gasteiger partial charge in [0.2, 0.25) is 5.91 Å². The molecule has 5 heteroatoms. The zero-order valence-electron chi connectivity index (χ0n) is 14.5. The van der Waals surface area contributed by atoms with E-state index in [1.807, 2.05) is 30.0 Å². The highest BCUT2D eigenvalue weighted by atomic mass is 16.2. The molecule has 3 rings (SSSR count). The van der Waals surface area contributed by atoms with Crippen molar-refractivity contribution in [2.24, 2.45) is 5.92 Å². The van der Waals surface area contributed by atoms with Crippen LogP contribution in [-0.4, -0.2) is 36.0 Å². The van der Waals surface area contributed by atoms with Gasteiger partial charge in [-0.2, -0.15) is 0 Å². The van der Waals surface area contributed by atoms with Crippen molar-refractivity contribution in [3.8, 4) is 0 Å². The summed E-state index contributed by atoms with van der Waals surface area (Å²) < 4.78 is 0. The van der Waals surface area contributed by atoms with E-state index in [0.29, 0.717) is 5.91 Å². The number of rotatable bonds is 4. The fourth-order valence-corrected chi connectivity index (χ4v) is 3.41. The van der Waals surface area contributed by atoms with E-state index in [2.05, 4.69) is 23.6 Å². The number of likely N-dealkylation sites (tertiary alicyclic amines) is 1. The number of aryl methyl sites for hydroxylation is 1. The van der Waals surface area contributed by atoms with Crippen LogP contribution in [0.15, 0.2) is 24.3 Å². The van der Waals surface area contributed by atoms with E-state index in [0.717, 1.165) is 44.3 Å². The Balaban J connectivity index is 1.44. The van der Waals surface area contributed by atoms with Crippen molar-refractivity contribution in [2.45, 2.75) is 51.6 Å². The smallest absolute Gasteiger partial charge is 0.315 e. The summed E-state index contributed by atoms with van der Waals surface area (Å²) in [4.78, 5) is 26.2. The van der Waals surface area contributed by atoms with Crippen molar-refractivity contribution in [1.82, 2.24) is 15.5 Å². The highest BCUT2D eigenvalue weighted by molar-refractivity contribution is 5.81. The number of urea groups is 1. The molecule has 0 bridgehead atoms. The molecule has 1 aliphatic heterocycles. The third-order valence-electron chi connectivity index (χ3n) is 5.07. The Morgan fingerprint density at radius 2 is 1.79 bits per heavy atom. The van der Waals surface area contributed by atoms with Crippen molar-refractivity contribution in [1.29, 1.82) is 0 Å². The Morgan fingerprint density at radius 1 is 1.12 bits per heavy atom. The molecule has 0 aromatic heterocycles. The Labute approximate surface area is 143 Å². The van der Waals surface area contributed by atoms with Crippen LogP contribution in [0, 0.1) is 12.8 Å². The summed E-state index contributed by atoms with van der Waals surface area (Å²) in [6.07, 6.45) is 3.78. The molecule has 3 amide bonds. The van der Waals surface area contributed by atoms with Gasteiger partial charge < -0.3 is 15.5 Å². The summed E-state index contributed by atoms with van der Waals surface area (Å²) in [5, 5.41) is 6.07. The molecular formula is C19H27N3O2. The average Bonchev–Trinajstić information content (AvgIpc) is 3.40. The lowest BCUT2D eigenvalue weighted by atomic mass is 10.0. The molecule has 1 atom stereocenters. The maximum Gasteiger partial charge on any atom is 0.315 e. The molecule has 1 aromatic rings. The van der Waals surface area contributed by atoms with Gasteiger partial charge >= 0.3 is 6.03 Å². The first kappa shape index (κ1) is 16.8. The lowest BCUT2D eigenvalue weighted by Crippen LogP contribution is -2.49. The number of nitrogens with one attached hydrogen (secondary N) is 2. The Bertz CT molecular complexity index is 604. The van der Waals surface area contributed by atoms with E-state index < -0.39 is 0 Å². The van der Waals surface area contributed by atoms with E-state index in [1.54, 1.807) is 0 Å². The van der Waals surface area contributed by atoms with Gasteiger partial charge in [-0.15, -0.1) is 0 Å². The summed E-state index contributed by atoms with van der Waals surface area (Å²) in [5.41, 5.74) is 2.31. The molecular weight excluding hydrogens is 302 g/mol. The molecule has 2 fully saturated rings. The van der Waals surface area contributed by atoms with E-state index in [-0.39, 0.29) is 24.0 Å². The van der Waals surface area contributed by atoms with E-state index in [9.17, 15) is 9.59 Å². The number of carbonyl (C=O) groups is 2. The number of benzene rings is 1. The Hall–Kier alpha value is -2.04. The van der Waals surface area contributed by atoms with Crippen molar-refractivity contribution in [2.75, 3.05) is 13.1 Å². The maximum atomic E-state index is 12.2. The molecule has 0 radical (unpaired) electrons. The second-order valence-corrected chi connectivity index (χ2v) is 7.07. The lowest BCUT2D eigenvalue weighted by Gasteiger charge is -2.32. The number of amides is 3. The van der Waals surface area contributed by atoms with Crippen LogP contribution in [0.2, 0.25) is 0 Å². The highest BCUT2D eigenvalue weighted by Crippen LogP contribution is 2.31. The molecule has 24 heavy (non-hydrogen) atoms. The summed E-state index contributed by atoms with van der Waals surface area (Å²) in [5.74, 6) is 0.596. The van der Waals surface area contributed by atoms with Gasteiger partial charge in [0.25, 0.3) is 0 Å². The minimum atomic E-state index is -0.127. The summed E-state index contributed by atoms with van der Waals surface area (Å²) >= 11 is 0. The molecule has 1 heterocycles. The number of hydrogen-bond donors (Lipinski definition) is 2. The largest absolute Gasteiger partial charge is 0.342 e. The van der Waals surface area contributed by atoms with Gasteiger partial charge in [0.15, 0.2) is 0 Å². The van der Waals surface area contributed by atoms with Crippen LogP contribution in [0.25, 0.3) is 0 Å². The zero-order valence-corrected chi connectivity index (χ0v) is 14.5. The number of piperidine rings is 1. The Kier molecular flexibility index (Phi) is 5.07. The number of nitrogens with zero attached hydrogens (tertiary/aromatic N) is 1. The van der Waals surface area contributed by atoms with Crippen LogP contribution in [-0.2, 0) is 4.79 Å². The molecule has 0 spiro atoms. The van der Waals surface area contributed by atoms with Gasteiger partial charge in [-0.1, -0.05) is 24.3 Å². The van der Waals surface area contributed by atoms with Gasteiger partial charge in [-0.05, 0) is 50.7 Å². The normalized spacial score (nSPS) is 19.7. The van der Waals surface area contributed by atoms with Gasteiger partial charge in [0.05, 0.1) is 6.04 Å². The second kappa shape index (κ2) is 7.24. The first-order chi connectivity index (χ1) is 11.5. The molecule has 2 aliphatic rings. The first-order valence-corrected chi connectivity index (χ1v) is 8.96. The topological polar surface area (TPSA) is 61.4 Å². The van der Waals surface area contributed by atoms with Gasteiger partial charge in [0.1, 0.15) is 0 Å². The minimum absolute atomic E-state index is 0.0252. The van der Waals surface area contributed by atoms with Crippen LogP contribution in [0.1, 0.15) is 49.8 Å². The number of hydrogen-bond acceptors (Lipinski definition) is 2. The average molecular weight is 329 g/mol. The fourth-order valence-electron chi connectivity index (χ4n) is 3.41. The molecule has 1 saturated heterocycles. The molecule has 130 valence electrons. The number of carbonyl (C=O) groups excluding carboxylic acids is 2. The van der Waals surface area contributed by atoms with Gasteiger partial charge in [0, 0.05) is 25.0 Å². The summed E-state index contributed by atoms with van der Waals surface area (Å²) in [6.45, 7) is 5.57. The van der Waals surface area contributed by atoms with Crippen molar-refractivity contribution in [3.63, 3.8) is 0 Å². The van der Waals surface area contributed by atoms with Crippen molar-refractivity contribution >= 4 is 11.9 Å². The lowest BCUT2D eigenvalue weighted by molar-refractivity contribution is -0.133. The quantitative estimate of drug-likeness (QED) is 0.892. The Morgan fingerprint density at radius 3 is 2.42 bits per heavy atom. The van der Waals surface area contributed by atoms with E-state index in [4.69, 9.17) is 0 Å². The summed E-state index contributed by atoms with van der Waals surface area (Å²) in [7, 11) is 0. The predicted octanol–water partition coefficient (Wildman–Crippen LogP) is 2.76. The van der Waals surface area contributed by atoms with Gasteiger partial charge in [-0.25, -0.2) is 4.79 Å².